The van der Waals surface area contributed by atoms with Crippen molar-refractivity contribution in [2.75, 3.05) is 0 Å². The second-order valence-electron chi connectivity index (χ2n) is 9.87. The summed E-state index contributed by atoms with van der Waals surface area (Å²) in [6, 6.07) is 42.9. The van der Waals surface area contributed by atoms with E-state index in [1.54, 1.807) is 0 Å². The Morgan fingerprint density at radius 3 is 1.58 bits per heavy atom. The molecular formula is C35H23N3. The van der Waals surface area contributed by atoms with Crippen molar-refractivity contribution in [1.29, 1.82) is 0 Å². The van der Waals surface area contributed by atoms with E-state index in [4.69, 9.17) is 9.97 Å². The van der Waals surface area contributed by atoms with Crippen molar-refractivity contribution in [1.82, 2.24) is 14.5 Å². The van der Waals surface area contributed by atoms with Crippen LogP contribution < -0.4 is 0 Å². The molecule has 2 heterocycles. The van der Waals surface area contributed by atoms with Crippen molar-refractivity contribution >= 4 is 54.4 Å². The van der Waals surface area contributed by atoms with Gasteiger partial charge in [0.25, 0.3) is 0 Å². The minimum atomic E-state index is 0.917. The van der Waals surface area contributed by atoms with Gasteiger partial charge in [-0.2, -0.15) is 0 Å². The van der Waals surface area contributed by atoms with Gasteiger partial charge in [-0.3, -0.25) is 0 Å². The Bertz CT molecular complexity index is 2150. The standard InChI is InChI=1S/C35H23N3/c1-22-33(37-35-30-18-5-3-14-26(30)25-13-2-4-17-29(25)34(35)36-22)23-11-10-12-24(21-23)38-31-19-8-6-15-27(31)28-16-7-9-20-32(28)38/h2-21H,1H3. The maximum absolute atomic E-state index is 5.30. The van der Waals surface area contributed by atoms with Crippen molar-refractivity contribution in [2.24, 2.45) is 0 Å². The van der Waals surface area contributed by atoms with Crippen molar-refractivity contribution in [2.45, 2.75) is 6.92 Å². The molecule has 178 valence electrons. The number of para-hydroxylation sites is 2. The van der Waals surface area contributed by atoms with E-state index in [0.717, 1.165) is 44.4 Å². The molecule has 0 aliphatic rings. The van der Waals surface area contributed by atoms with E-state index in [0.29, 0.717) is 0 Å². The summed E-state index contributed by atoms with van der Waals surface area (Å²) in [4.78, 5) is 10.5. The Morgan fingerprint density at radius 1 is 0.474 bits per heavy atom. The third-order valence-electron chi connectivity index (χ3n) is 7.68. The van der Waals surface area contributed by atoms with Crippen molar-refractivity contribution in [3.8, 4) is 16.9 Å². The lowest BCUT2D eigenvalue weighted by molar-refractivity contribution is 1.17. The molecule has 0 atom stereocenters. The summed E-state index contributed by atoms with van der Waals surface area (Å²) in [6.07, 6.45) is 0. The summed E-state index contributed by atoms with van der Waals surface area (Å²) >= 11 is 0. The Hall–Kier alpha value is -5.02. The monoisotopic (exact) mass is 485 g/mol. The van der Waals surface area contributed by atoms with Crippen LogP contribution in [0.1, 0.15) is 5.69 Å². The van der Waals surface area contributed by atoms with Crippen LogP contribution in [0.4, 0.5) is 0 Å². The summed E-state index contributed by atoms with van der Waals surface area (Å²) in [7, 11) is 0. The largest absolute Gasteiger partial charge is 0.309 e. The highest BCUT2D eigenvalue weighted by Crippen LogP contribution is 2.36. The van der Waals surface area contributed by atoms with Gasteiger partial charge in [0.1, 0.15) is 0 Å². The van der Waals surface area contributed by atoms with Crippen LogP contribution in [0.25, 0.3) is 71.3 Å². The van der Waals surface area contributed by atoms with Crippen LogP contribution in [0.15, 0.2) is 121 Å². The molecule has 8 aromatic rings. The van der Waals surface area contributed by atoms with Gasteiger partial charge < -0.3 is 4.57 Å². The molecule has 0 spiro atoms. The molecule has 0 aliphatic carbocycles. The van der Waals surface area contributed by atoms with E-state index in [9.17, 15) is 0 Å². The lowest BCUT2D eigenvalue weighted by Gasteiger charge is -2.14. The molecule has 0 unspecified atom stereocenters. The minimum Gasteiger partial charge on any atom is -0.309 e. The van der Waals surface area contributed by atoms with Gasteiger partial charge in [-0.15, -0.1) is 0 Å². The quantitative estimate of drug-likeness (QED) is 0.229. The molecular weight excluding hydrogens is 462 g/mol. The molecule has 0 saturated carbocycles. The van der Waals surface area contributed by atoms with Crippen molar-refractivity contribution in [3.05, 3.63) is 127 Å². The predicted molar refractivity (Wildman–Crippen MR) is 159 cm³/mol. The second-order valence-corrected chi connectivity index (χ2v) is 9.87. The van der Waals surface area contributed by atoms with Crippen LogP contribution in [0.3, 0.4) is 0 Å². The highest BCUT2D eigenvalue weighted by atomic mass is 15.0. The first-order valence-electron chi connectivity index (χ1n) is 12.9. The van der Waals surface area contributed by atoms with Gasteiger partial charge in [-0.05, 0) is 42.0 Å². The number of aromatic nitrogens is 3. The molecule has 38 heavy (non-hydrogen) atoms. The Kier molecular flexibility index (Phi) is 4.44. The Morgan fingerprint density at radius 2 is 0.974 bits per heavy atom. The number of hydrogen-bond donors (Lipinski definition) is 0. The molecule has 0 fully saturated rings. The SMILES string of the molecule is Cc1nc2c3ccccc3c3ccccc3c2nc1-c1cccc(-n2c3ccccc3c3ccccc32)c1. The third kappa shape index (κ3) is 2.96. The molecule has 2 aromatic heterocycles. The fraction of sp³-hybridized carbons (Fsp3) is 0.0286. The highest BCUT2D eigenvalue weighted by molar-refractivity contribution is 6.23. The van der Waals surface area contributed by atoms with Crippen molar-refractivity contribution in [3.63, 3.8) is 0 Å². The maximum atomic E-state index is 5.30. The van der Waals surface area contributed by atoms with E-state index in [1.165, 1.54) is 32.6 Å². The molecule has 0 amide bonds. The first kappa shape index (κ1) is 21.1. The van der Waals surface area contributed by atoms with Gasteiger partial charge in [0.15, 0.2) is 0 Å². The fourth-order valence-electron chi connectivity index (χ4n) is 6.01. The maximum Gasteiger partial charge on any atom is 0.0979 e. The molecule has 8 rings (SSSR count). The zero-order chi connectivity index (χ0) is 25.2. The van der Waals surface area contributed by atoms with E-state index in [1.807, 2.05) is 0 Å². The number of rotatable bonds is 2. The molecule has 0 bridgehead atoms. The van der Waals surface area contributed by atoms with Gasteiger partial charge in [-0.25, -0.2) is 9.97 Å². The molecule has 3 nitrogen and oxygen atoms in total. The van der Waals surface area contributed by atoms with Crippen molar-refractivity contribution < 1.29 is 0 Å². The van der Waals surface area contributed by atoms with E-state index >= 15 is 0 Å². The minimum absolute atomic E-state index is 0.917. The Balaban J connectivity index is 1.41. The van der Waals surface area contributed by atoms with Crippen LogP contribution in [0.2, 0.25) is 0 Å². The lowest BCUT2D eigenvalue weighted by Crippen LogP contribution is -1.98. The van der Waals surface area contributed by atoms with Gasteiger partial charge in [-0.1, -0.05) is 97.1 Å². The normalized spacial score (nSPS) is 11.8. The average Bonchev–Trinajstić information content (AvgIpc) is 3.32. The summed E-state index contributed by atoms with van der Waals surface area (Å²) < 4.78 is 2.35. The van der Waals surface area contributed by atoms with Crippen LogP contribution >= 0.6 is 0 Å². The number of hydrogen-bond acceptors (Lipinski definition) is 2. The second kappa shape index (κ2) is 7.99. The van der Waals surface area contributed by atoms with Gasteiger partial charge in [0.05, 0.1) is 33.5 Å². The van der Waals surface area contributed by atoms with E-state index in [2.05, 4.69) is 133 Å². The number of aryl methyl sites for hydroxylation is 1. The predicted octanol–water partition coefficient (Wildman–Crippen LogP) is 9.01. The fourth-order valence-corrected chi connectivity index (χ4v) is 6.01. The van der Waals surface area contributed by atoms with Crippen LogP contribution in [0, 0.1) is 6.92 Å². The van der Waals surface area contributed by atoms with Gasteiger partial charge in [0.2, 0.25) is 0 Å². The number of nitrogens with zero attached hydrogens (tertiary/aromatic N) is 3. The first-order valence-corrected chi connectivity index (χ1v) is 12.9. The number of fused-ring (bicyclic) bond motifs is 9. The molecule has 0 radical (unpaired) electrons. The van der Waals surface area contributed by atoms with Gasteiger partial charge >= 0.3 is 0 Å². The summed E-state index contributed by atoms with van der Waals surface area (Å²) in [6.45, 7) is 2.07. The van der Waals surface area contributed by atoms with Crippen LogP contribution in [-0.4, -0.2) is 14.5 Å². The average molecular weight is 486 g/mol. The summed E-state index contributed by atoms with van der Waals surface area (Å²) in [5, 5.41) is 7.21. The molecule has 0 aliphatic heterocycles. The lowest BCUT2D eigenvalue weighted by atomic mass is 9.99. The van der Waals surface area contributed by atoms with E-state index in [-0.39, 0.29) is 0 Å². The van der Waals surface area contributed by atoms with E-state index < -0.39 is 0 Å². The number of benzene rings is 6. The molecule has 6 aromatic carbocycles. The zero-order valence-corrected chi connectivity index (χ0v) is 20.9. The molecule has 3 heteroatoms. The molecule has 0 N–H and O–H groups in total. The molecule has 0 saturated heterocycles. The summed E-state index contributed by atoms with van der Waals surface area (Å²) in [5.41, 5.74) is 8.33. The zero-order valence-electron chi connectivity index (χ0n) is 20.9. The Labute approximate surface area is 219 Å². The topological polar surface area (TPSA) is 30.7 Å². The third-order valence-corrected chi connectivity index (χ3v) is 7.68. The highest BCUT2D eigenvalue weighted by Gasteiger charge is 2.16. The van der Waals surface area contributed by atoms with Crippen LogP contribution in [-0.2, 0) is 0 Å². The first-order chi connectivity index (χ1) is 18.8. The smallest absolute Gasteiger partial charge is 0.0979 e. The summed E-state index contributed by atoms with van der Waals surface area (Å²) in [5.74, 6) is 0. The van der Waals surface area contributed by atoms with Gasteiger partial charge in [0, 0.05) is 32.8 Å². The van der Waals surface area contributed by atoms with Crippen LogP contribution in [0.5, 0.6) is 0 Å².